The van der Waals surface area contributed by atoms with Crippen molar-refractivity contribution in [1.82, 2.24) is 0 Å². The van der Waals surface area contributed by atoms with Gasteiger partial charge in [-0.1, -0.05) is 30.3 Å². The SMILES string of the molecule is Oc1ccc2c(ccc3sc4c5cccc(O)c5ccc4c32)c1. The van der Waals surface area contributed by atoms with Crippen LogP contribution in [0.4, 0.5) is 0 Å². The number of thiophene rings is 1. The summed E-state index contributed by atoms with van der Waals surface area (Å²) in [6.07, 6.45) is 0. The summed E-state index contributed by atoms with van der Waals surface area (Å²) >= 11 is 1.75. The Bertz CT molecular complexity index is 1230. The average Bonchev–Trinajstić information content (AvgIpc) is 2.94. The highest BCUT2D eigenvalue weighted by atomic mass is 32.1. The van der Waals surface area contributed by atoms with Crippen LogP contribution in [0.3, 0.4) is 0 Å². The lowest BCUT2D eigenvalue weighted by atomic mass is 10.0. The van der Waals surface area contributed by atoms with E-state index in [2.05, 4.69) is 18.2 Å². The summed E-state index contributed by atoms with van der Waals surface area (Å²) in [6.45, 7) is 0. The summed E-state index contributed by atoms with van der Waals surface area (Å²) in [7, 11) is 0. The van der Waals surface area contributed by atoms with Gasteiger partial charge < -0.3 is 10.2 Å². The molecule has 0 atom stereocenters. The van der Waals surface area contributed by atoms with Crippen molar-refractivity contribution in [3.05, 3.63) is 60.7 Å². The molecule has 0 radical (unpaired) electrons. The zero-order valence-electron chi connectivity index (χ0n) is 12.1. The van der Waals surface area contributed by atoms with Gasteiger partial charge in [-0.2, -0.15) is 0 Å². The molecule has 0 saturated carbocycles. The molecule has 1 heterocycles. The number of aromatic hydroxyl groups is 2. The van der Waals surface area contributed by atoms with E-state index in [-0.39, 0.29) is 5.75 Å². The van der Waals surface area contributed by atoms with Crippen molar-refractivity contribution >= 4 is 53.1 Å². The molecule has 5 rings (SSSR count). The summed E-state index contributed by atoms with van der Waals surface area (Å²) < 4.78 is 2.41. The number of hydrogen-bond acceptors (Lipinski definition) is 3. The van der Waals surface area contributed by atoms with E-state index in [1.165, 1.54) is 20.2 Å². The Morgan fingerprint density at radius 3 is 2.43 bits per heavy atom. The highest BCUT2D eigenvalue weighted by Gasteiger charge is 2.12. The van der Waals surface area contributed by atoms with Crippen LogP contribution < -0.4 is 0 Å². The minimum Gasteiger partial charge on any atom is -0.508 e. The summed E-state index contributed by atoms with van der Waals surface area (Å²) in [5, 5.41) is 26.3. The largest absolute Gasteiger partial charge is 0.508 e. The first-order valence-corrected chi connectivity index (χ1v) is 8.23. The Morgan fingerprint density at radius 1 is 0.696 bits per heavy atom. The molecule has 0 aliphatic carbocycles. The van der Waals surface area contributed by atoms with Crippen molar-refractivity contribution < 1.29 is 10.2 Å². The van der Waals surface area contributed by atoms with Crippen molar-refractivity contribution in [2.24, 2.45) is 0 Å². The lowest BCUT2D eigenvalue weighted by Gasteiger charge is -2.03. The van der Waals surface area contributed by atoms with Gasteiger partial charge in [-0.3, -0.25) is 0 Å². The second kappa shape index (κ2) is 4.37. The molecule has 0 fully saturated rings. The Labute approximate surface area is 135 Å². The Morgan fingerprint density at radius 2 is 1.52 bits per heavy atom. The van der Waals surface area contributed by atoms with E-state index in [1.54, 1.807) is 29.5 Å². The van der Waals surface area contributed by atoms with Crippen molar-refractivity contribution in [2.45, 2.75) is 0 Å². The number of fused-ring (bicyclic) bond motifs is 7. The molecular formula is C20H12O2S. The number of benzene rings is 4. The fraction of sp³-hybridized carbons (Fsp3) is 0. The van der Waals surface area contributed by atoms with Gasteiger partial charge >= 0.3 is 0 Å². The third kappa shape index (κ3) is 1.68. The standard InChI is InChI=1S/C20H12O2S/c21-12-5-6-13-11(10-12)4-9-18-19(13)16-8-7-14-15(20(16)23-18)2-1-3-17(14)22/h1-10,21-22H. The highest BCUT2D eigenvalue weighted by molar-refractivity contribution is 7.26. The van der Waals surface area contributed by atoms with Crippen molar-refractivity contribution in [3.8, 4) is 11.5 Å². The topological polar surface area (TPSA) is 40.5 Å². The second-order valence-electron chi connectivity index (χ2n) is 5.76. The Hall–Kier alpha value is -2.78. The first-order chi connectivity index (χ1) is 11.2. The summed E-state index contributed by atoms with van der Waals surface area (Å²) in [5.74, 6) is 0.600. The van der Waals surface area contributed by atoms with Crippen LogP contribution >= 0.6 is 11.3 Å². The molecule has 0 bridgehead atoms. The van der Waals surface area contributed by atoms with Crippen molar-refractivity contribution in [1.29, 1.82) is 0 Å². The van der Waals surface area contributed by atoms with Gasteiger partial charge in [0.2, 0.25) is 0 Å². The van der Waals surface area contributed by atoms with E-state index in [0.29, 0.717) is 5.75 Å². The number of phenols is 2. The normalized spacial score (nSPS) is 11.8. The van der Waals surface area contributed by atoms with Crippen LogP contribution in [0.1, 0.15) is 0 Å². The van der Waals surface area contributed by atoms with Gasteiger partial charge in [-0.05, 0) is 41.1 Å². The zero-order chi connectivity index (χ0) is 15.6. The summed E-state index contributed by atoms with van der Waals surface area (Å²) in [6, 6.07) is 19.4. The molecule has 1 aromatic heterocycles. The van der Waals surface area contributed by atoms with Gasteiger partial charge in [-0.25, -0.2) is 0 Å². The lowest BCUT2D eigenvalue weighted by Crippen LogP contribution is -1.76. The zero-order valence-corrected chi connectivity index (χ0v) is 12.9. The molecule has 0 unspecified atom stereocenters. The molecule has 0 amide bonds. The number of phenolic OH excluding ortho intramolecular Hbond substituents is 2. The average molecular weight is 316 g/mol. The summed E-state index contributed by atoms with van der Waals surface area (Å²) in [5.41, 5.74) is 0. The molecule has 5 aromatic rings. The number of rotatable bonds is 0. The Kier molecular flexibility index (Phi) is 2.42. The quantitative estimate of drug-likeness (QED) is 0.380. The van der Waals surface area contributed by atoms with Gasteiger partial charge in [0, 0.05) is 30.9 Å². The van der Waals surface area contributed by atoms with Crippen LogP contribution in [-0.4, -0.2) is 10.2 Å². The maximum absolute atomic E-state index is 10.1. The van der Waals surface area contributed by atoms with E-state index in [9.17, 15) is 10.2 Å². The van der Waals surface area contributed by atoms with E-state index in [0.717, 1.165) is 21.5 Å². The molecule has 4 aromatic carbocycles. The molecule has 2 N–H and O–H groups in total. The second-order valence-corrected chi connectivity index (χ2v) is 6.81. The predicted octanol–water partition coefficient (Wildman–Crippen LogP) is 5.77. The van der Waals surface area contributed by atoms with Crippen LogP contribution in [0.2, 0.25) is 0 Å². The fourth-order valence-electron chi connectivity index (χ4n) is 3.39. The molecular weight excluding hydrogens is 304 g/mol. The molecule has 2 nitrogen and oxygen atoms in total. The molecule has 0 aliphatic rings. The van der Waals surface area contributed by atoms with Crippen molar-refractivity contribution in [2.75, 3.05) is 0 Å². The van der Waals surface area contributed by atoms with Crippen LogP contribution in [-0.2, 0) is 0 Å². The van der Waals surface area contributed by atoms with E-state index < -0.39 is 0 Å². The van der Waals surface area contributed by atoms with Gasteiger partial charge in [0.25, 0.3) is 0 Å². The summed E-state index contributed by atoms with van der Waals surface area (Å²) in [4.78, 5) is 0. The maximum atomic E-state index is 10.1. The maximum Gasteiger partial charge on any atom is 0.123 e. The van der Waals surface area contributed by atoms with Gasteiger partial charge in [0.05, 0.1) is 0 Å². The minimum atomic E-state index is 0.284. The molecule has 110 valence electrons. The third-order valence-electron chi connectivity index (χ3n) is 4.44. The first-order valence-electron chi connectivity index (χ1n) is 7.41. The minimum absolute atomic E-state index is 0.284. The van der Waals surface area contributed by atoms with Gasteiger partial charge in [-0.15, -0.1) is 11.3 Å². The smallest absolute Gasteiger partial charge is 0.123 e. The molecule has 0 spiro atoms. The van der Waals surface area contributed by atoms with E-state index >= 15 is 0 Å². The van der Waals surface area contributed by atoms with Crippen LogP contribution in [0.5, 0.6) is 11.5 Å². The third-order valence-corrected chi connectivity index (χ3v) is 5.64. The van der Waals surface area contributed by atoms with Crippen LogP contribution in [0, 0.1) is 0 Å². The molecule has 0 saturated heterocycles. The number of hydrogen-bond donors (Lipinski definition) is 2. The highest BCUT2D eigenvalue weighted by Crippen LogP contribution is 2.43. The van der Waals surface area contributed by atoms with Crippen LogP contribution in [0.25, 0.3) is 41.7 Å². The lowest BCUT2D eigenvalue weighted by molar-refractivity contribution is 0.476. The Balaban J connectivity index is 2.06. The van der Waals surface area contributed by atoms with E-state index in [4.69, 9.17) is 0 Å². The monoisotopic (exact) mass is 316 g/mol. The van der Waals surface area contributed by atoms with Gasteiger partial charge in [0.15, 0.2) is 0 Å². The molecule has 23 heavy (non-hydrogen) atoms. The van der Waals surface area contributed by atoms with E-state index in [1.807, 2.05) is 24.3 Å². The molecule has 3 heteroatoms. The molecule has 0 aliphatic heterocycles. The first kappa shape index (κ1) is 12.7. The fourth-order valence-corrected chi connectivity index (χ4v) is 4.64. The van der Waals surface area contributed by atoms with Crippen LogP contribution in [0.15, 0.2) is 60.7 Å². The van der Waals surface area contributed by atoms with Crippen molar-refractivity contribution in [3.63, 3.8) is 0 Å². The predicted molar refractivity (Wildman–Crippen MR) is 97.7 cm³/mol. The van der Waals surface area contributed by atoms with Gasteiger partial charge in [0.1, 0.15) is 11.5 Å².